The van der Waals surface area contributed by atoms with Crippen molar-refractivity contribution in [1.82, 2.24) is 15.2 Å². The number of aromatic nitrogens is 3. The standard InChI is InChI=1S/C17H13BrN4OS/c18-12-4-6-13(7-5-12)20-16(23)11-24-17-9-8-15(21-22-17)14-3-1-2-10-19-14/h1-10H,11H2,(H,20,23). The Morgan fingerprint density at radius 1 is 1.00 bits per heavy atom. The predicted octanol–water partition coefficient (Wildman–Crippen LogP) is 4.03. The third-order valence-corrected chi connectivity index (χ3v) is 4.50. The largest absolute Gasteiger partial charge is 0.325 e. The molecule has 0 fully saturated rings. The van der Waals surface area contributed by atoms with E-state index in [0.717, 1.165) is 15.9 Å². The van der Waals surface area contributed by atoms with Crippen LogP contribution in [-0.2, 0) is 4.79 Å². The van der Waals surface area contributed by atoms with Gasteiger partial charge in [-0.05, 0) is 48.5 Å². The Morgan fingerprint density at radius 2 is 1.83 bits per heavy atom. The highest BCUT2D eigenvalue weighted by Gasteiger charge is 2.06. The summed E-state index contributed by atoms with van der Waals surface area (Å²) >= 11 is 4.70. The Labute approximate surface area is 152 Å². The van der Waals surface area contributed by atoms with E-state index in [9.17, 15) is 4.79 Å². The molecule has 1 N–H and O–H groups in total. The number of rotatable bonds is 5. The van der Waals surface area contributed by atoms with Gasteiger partial charge < -0.3 is 5.32 Å². The van der Waals surface area contributed by atoms with Crippen molar-refractivity contribution < 1.29 is 4.79 Å². The zero-order valence-corrected chi connectivity index (χ0v) is 14.9. The molecular formula is C17H13BrN4OS. The number of nitrogens with one attached hydrogen (secondary N) is 1. The van der Waals surface area contributed by atoms with E-state index in [1.165, 1.54) is 11.8 Å². The van der Waals surface area contributed by atoms with E-state index in [1.807, 2.05) is 54.6 Å². The van der Waals surface area contributed by atoms with Crippen molar-refractivity contribution in [1.29, 1.82) is 0 Å². The van der Waals surface area contributed by atoms with E-state index in [2.05, 4.69) is 36.4 Å². The van der Waals surface area contributed by atoms with Crippen LogP contribution in [0.3, 0.4) is 0 Å². The van der Waals surface area contributed by atoms with Crippen LogP contribution in [0.25, 0.3) is 11.4 Å². The Balaban J connectivity index is 1.54. The summed E-state index contributed by atoms with van der Waals surface area (Å²) in [4.78, 5) is 16.2. The van der Waals surface area contributed by atoms with Crippen LogP contribution >= 0.6 is 27.7 Å². The molecule has 24 heavy (non-hydrogen) atoms. The molecule has 1 aromatic carbocycles. The van der Waals surface area contributed by atoms with E-state index < -0.39 is 0 Å². The van der Waals surface area contributed by atoms with Gasteiger partial charge in [-0.2, -0.15) is 0 Å². The molecule has 7 heteroatoms. The molecule has 1 amide bonds. The molecule has 2 heterocycles. The van der Waals surface area contributed by atoms with Gasteiger partial charge in [0.25, 0.3) is 0 Å². The normalized spacial score (nSPS) is 10.4. The fourth-order valence-electron chi connectivity index (χ4n) is 1.92. The van der Waals surface area contributed by atoms with Crippen molar-refractivity contribution in [2.45, 2.75) is 5.03 Å². The molecule has 3 rings (SSSR count). The number of carbonyl (C=O) groups excluding carboxylic acids is 1. The van der Waals surface area contributed by atoms with Crippen molar-refractivity contribution in [2.24, 2.45) is 0 Å². The van der Waals surface area contributed by atoms with Crippen LogP contribution in [0.5, 0.6) is 0 Å². The van der Waals surface area contributed by atoms with Crippen molar-refractivity contribution in [3.8, 4) is 11.4 Å². The van der Waals surface area contributed by atoms with Crippen LogP contribution in [0.4, 0.5) is 5.69 Å². The second kappa shape index (κ2) is 8.03. The fourth-order valence-corrected chi connectivity index (χ4v) is 2.80. The molecule has 3 aromatic rings. The number of thioether (sulfide) groups is 1. The van der Waals surface area contributed by atoms with Gasteiger partial charge in [-0.15, -0.1) is 10.2 Å². The Morgan fingerprint density at radius 3 is 2.50 bits per heavy atom. The average molecular weight is 401 g/mol. The van der Waals surface area contributed by atoms with E-state index in [-0.39, 0.29) is 11.7 Å². The highest BCUT2D eigenvalue weighted by Crippen LogP contribution is 2.19. The molecule has 0 aliphatic rings. The number of halogens is 1. The fraction of sp³-hybridized carbons (Fsp3) is 0.0588. The summed E-state index contributed by atoms with van der Waals surface area (Å²) < 4.78 is 0.971. The lowest BCUT2D eigenvalue weighted by Crippen LogP contribution is -2.14. The monoisotopic (exact) mass is 400 g/mol. The first-order chi connectivity index (χ1) is 11.7. The number of hydrogen-bond acceptors (Lipinski definition) is 5. The predicted molar refractivity (Wildman–Crippen MR) is 98.8 cm³/mol. The molecule has 0 saturated carbocycles. The minimum absolute atomic E-state index is 0.0853. The van der Waals surface area contributed by atoms with E-state index in [4.69, 9.17) is 0 Å². The number of anilines is 1. The van der Waals surface area contributed by atoms with Gasteiger partial charge in [-0.1, -0.05) is 33.8 Å². The topological polar surface area (TPSA) is 67.8 Å². The quantitative estimate of drug-likeness (QED) is 0.654. The number of carbonyl (C=O) groups is 1. The minimum atomic E-state index is -0.0853. The van der Waals surface area contributed by atoms with Crippen LogP contribution in [0.1, 0.15) is 0 Å². The van der Waals surface area contributed by atoms with Gasteiger partial charge in [-0.3, -0.25) is 9.78 Å². The molecule has 0 aliphatic heterocycles. The number of nitrogens with zero attached hydrogens (tertiary/aromatic N) is 3. The Bertz CT molecular complexity index is 810. The summed E-state index contributed by atoms with van der Waals surface area (Å²) in [7, 11) is 0. The second-order valence-electron chi connectivity index (χ2n) is 4.82. The van der Waals surface area contributed by atoms with Crippen LogP contribution in [0, 0.1) is 0 Å². The van der Waals surface area contributed by atoms with Gasteiger partial charge in [0.15, 0.2) is 0 Å². The van der Waals surface area contributed by atoms with Crippen LogP contribution in [0.2, 0.25) is 0 Å². The smallest absolute Gasteiger partial charge is 0.234 e. The lowest BCUT2D eigenvalue weighted by molar-refractivity contribution is -0.113. The lowest BCUT2D eigenvalue weighted by Gasteiger charge is -2.05. The molecule has 5 nitrogen and oxygen atoms in total. The first kappa shape index (κ1) is 16.6. The van der Waals surface area contributed by atoms with Crippen molar-refractivity contribution in [2.75, 3.05) is 11.1 Å². The molecule has 120 valence electrons. The first-order valence-corrected chi connectivity index (χ1v) is 8.92. The molecule has 0 atom stereocenters. The minimum Gasteiger partial charge on any atom is -0.325 e. The van der Waals surface area contributed by atoms with E-state index >= 15 is 0 Å². The number of amides is 1. The summed E-state index contributed by atoms with van der Waals surface area (Å²) in [6.07, 6.45) is 1.71. The zero-order chi connectivity index (χ0) is 16.8. The third-order valence-electron chi connectivity index (χ3n) is 3.05. The summed E-state index contributed by atoms with van der Waals surface area (Å²) in [5, 5.41) is 11.8. The molecule has 2 aromatic heterocycles. The summed E-state index contributed by atoms with van der Waals surface area (Å²) in [6.45, 7) is 0. The van der Waals surface area contributed by atoms with Gasteiger partial charge in [0.05, 0.1) is 11.4 Å². The summed E-state index contributed by atoms with van der Waals surface area (Å²) in [5.74, 6) is 0.186. The number of benzene rings is 1. The lowest BCUT2D eigenvalue weighted by atomic mass is 10.2. The average Bonchev–Trinajstić information content (AvgIpc) is 2.63. The maximum atomic E-state index is 12.0. The molecule has 0 saturated heterocycles. The van der Waals surface area contributed by atoms with Crippen LogP contribution in [0.15, 0.2) is 70.3 Å². The van der Waals surface area contributed by atoms with E-state index in [1.54, 1.807) is 6.20 Å². The van der Waals surface area contributed by atoms with Gasteiger partial charge in [-0.25, -0.2) is 0 Å². The third kappa shape index (κ3) is 4.62. The molecule has 0 bridgehead atoms. The van der Waals surface area contributed by atoms with Crippen LogP contribution < -0.4 is 5.32 Å². The zero-order valence-electron chi connectivity index (χ0n) is 12.5. The molecule has 0 aliphatic carbocycles. The highest BCUT2D eigenvalue weighted by atomic mass is 79.9. The number of hydrogen-bond donors (Lipinski definition) is 1. The summed E-state index contributed by atoms with van der Waals surface area (Å²) in [6, 6.07) is 16.8. The first-order valence-electron chi connectivity index (χ1n) is 7.14. The molecule has 0 spiro atoms. The highest BCUT2D eigenvalue weighted by molar-refractivity contribution is 9.10. The Hall–Kier alpha value is -2.25. The van der Waals surface area contributed by atoms with E-state index in [0.29, 0.717) is 10.7 Å². The SMILES string of the molecule is O=C(CSc1ccc(-c2ccccn2)nn1)Nc1ccc(Br)cc1. The van der Waals surface area contributed by atoms with Crippen molar-refractivity contribution in [3.63, 3.8) is 0 Å². The maximum absolute atomic E-state index is 12.0. The summed E-state index contributed by atoms with van der Waals surface area (Å²) in [5.41, 5.74) is 2.24. The second-order valence-corrected chi connectivity index (χ2v) is 6.73. The maximum Gasteiger partial charge on any atom is 0.234 e. The number of pyridine rings is 1. The van der Waals surface area contributed by atoms with Gasteiger partial charge in [0.2, 0.25) is 5.91 Å². The Kier molecular flexibility index (Phi) is 5.55. The van der Waals surface area contributed by atoms with Crippen LogP contribution in [-0.4, -0.2) is 26.8 Å². The van der Waals surface area contributed by atoms with Gasteiger partial charge in [0.1, 0.15) is 10.7 Å². The van der Waals surface area contributed by atoms with Crippen molar-refractivity contribution >= 4 is 39.3 Å². The molecule has 0 radical (unpaired) electrons. The van der Waals surface area contributed by atoms with Crippen molar-refractivity contribution in [3.05, 3.63) is 65.3 Å². The van der Waals surface area contributed by atoms with Gasteiger partial charge in [0, 0.05) is 16.4 Å². The van der Waals surface area contributed by atoms with Gasteiger partial charge >= 0.3 is 0 Å². The molecular weight excluding hydrogens is 388 g/mol. The molecule has 0 unspecified atom stereocenters.